The number of hydrogen-bond acceptors (Lipinski definition) is 7. The molecule has 48 heavy (non-hydrogen) atoms. The Morgan fingerprint density at radius 1 is 0.938 bits per heavy atom. The highest BCUT2D eigenvalue weighted by atomic mass is 33.1. The van der Waals surface area contributed by atoms with Gasteiger partial charge in [0.1, 0.15) is 11.6 Å². The van der Waals surface area contributed by atoms with E-state index in [4.69, 9.17) is 14.7 Å². The Morgan fingerprint density at radius 2 is 1.73 bits per heavy atom. The maximum absolute atomic E-state index is 13.1. The molecule has 0 fully saturated rings. The van der Waals surface area contributed by atoms with E-state index >= 15 is 0 Å². The molecule has 0 atom stereocenters. The molecule has 0 radical (unpaired) electrons. The molecule has 1 aliphatic carbocycles. The van der Waals surface area contributed by atoms with Crippen LogP contribution in [-0.2, 0) is 25.8 Å². The average molecular weight is 682 g/mol. The molecule has 3 aromatic carbocycles. The van der Waals surface area contributed by atoms with Crippen LogP contribution >= 0.6 is 21.6 Å². The van der Waals surface area contributed by atoms with E-state index in [1.165, 1.54) is 40.7 Å². The quantitative estimate of drug-likeness (QED) is 0.0797. The highest BCUT2D eigenvalue weighted by Crippen LogP contribution is 2.33. The smallest absolute Gasteiger partial charge is 0.251 e. The van der Waals surface area contributed by atoms with Gasteiger partial charge in [0, 0.05) is 59.9 Å². The predicted molar refractivity (Wildman–Crippen MR) is 204 cm³/mol. The van der Waals surface area contributed by atoms with Crippen molar-refractivity contribution >= 4 is 55.1 Å². The molecule has 1 amide bonds. The first-order valence-electron chi connectivity index (χ1n) is 17.4. The minimum Gasteiger partial charge on any atom is -0.494 e. The zero-order chi connectivity index (χ0) is 33.3. The van der Waals surface area contributed by atoms with Crippen LogP contribution in [-0.4, -0.2) is 51.6 Å². The monoisotopic (exact) mass is 681 g/mol. The van der Waals surface area contributed by atoms with Gasteiger partial charge in [-0.3, -0.25) is 9.78 Å². The standard InChI is InChI=1S/C39H47N5O2S2/c1-4-46-30-16-13-28(14-17-30)25-37-43-35-26-29(15-18-36(35)44(37)22-19-27(2)3)39(45)41-21-24-48-47-23-20-40-38-31-9-5-7-11-33(31)42-34-12-8-6-10-32(34)38/h5,7,9,11,13-18,26-27H,4,6,8,10,12,19-25H2,1-3H3,(H,40,42)(H,41,45). The van der Waals surface area contributed by atoms with Gasteiger partial charge in [0.05, 0.1) is 23.2 Å². The number of rotatable bonds is 16. The Bertz CT molecular complexity index is 1840. The Labute approximate surface area is 292 Å². The van der Waals surface area contributed by atoms with Crippen LogP contribution < -0.4 is 15.4 Å². The lowest BCUT2D eigenvalue weighted by atomic mass is 9.92. The number of aromatic nitrogens is 3. The van der Waals surface area contributed by atoms with E-state index in [2.05, 4.69) is 71.5 Å². The number of pyridine rings is 1. The molecule has 9 heteroatoms. The zero-order valence-electron chi connectivity index (χ0n) is 28.4. The van der Waals surface area contributed by atoms with Gasteiger partial charge in [-0.15, -0.1) is 0 Å². The van der Waals surface area contributed by atoms with Crippen molar-refractivity contribution in [2.24, 2.45) is 5.92 Å². The predicted octanol–water partition coefficient (Wildman–Crippen LogP) is 8.72. The molecule has 0 aliphatic heterocycles. The first-order chi connectivity index (χ1) is 23.5. The Kier molecular flexibility index (Phi) is 11.8. The second kappa shape index (κ2) is 16.6. The molecule has 0 unspecified atom stereocenters. The number of para-hydroxylation sites is 1. The number of nitrogens with zero attached hydrogens (tertiary/aromatic N) is 3. The van der Waals surface area contributed by atoms with E-state index in [0.29, 0.717) is 24.6 Å². The Morgan fingerprint density at radius 3 is 2.54 bits per heavy atom. The molecule has 7 nitrogen and oxygen atoms in total. The summed E-state index contributed by atoms with van der Waals surface area (Å²) in [4.78, 5) is 23.1. The van der Waals surface area contributed by atoms with Crippen molar-refractivity contribution in [3.63, 3.8) is 0 Å². The summed E-state index contributed by atoms with van der Waals surface area (Å²) < 4.78 is 7.94. The minimum atomic E-state index is -0.0525. The molecule has 0 bridgehead atoms. The normalized spacial score (nSPS) is 12.8. The largest absolute Gasteiger partial charge is 0.494 e. The maximum atomic E-state index is 13.1. The summed E-state index contributed by atoms with van der Waals surface area (Å²) in [6, 6.07) is 22.7. The van der Waals surface area contributed by atoms with E-state index in [-0.39, 0.29) is 5.91 Å². The van der Waals surface area contributed by atoms with Crippen LogP contribution in [0.5, 0.6) is 5.75 Å². The van der Waals surface area contributed by atoms with Crippen LogP contribution in [0.2, 0.25) is 0 Å². The minimum absolute atomic E-state index is 0.0525. The molecule has 252 valence electrons. The summed E-state index contributed by atoms with van der Waals surface area (Å²) in [5.41, 5.74) is 8.82. The molecule has 1 aliphatic rings. The van der Waals surface area contributed by atoms with Crippen molar-refractivity contribution in [2.75, 3.05) is 36.5 Å². The Balaban J connectivity index is 0.998. The van der Waals surface area contributed by atoms with Gasteiger partial charge in [-0.2, -0.15) is 0 Å². The first-order valence-corrected chi connectivity index (χ1v) is 19.9. The number of ether oxygens (including phenoxy) is 1. The highest BCUT2D eigenvalue weighted by molar-refractivity contribution is 8.76. The third-order valence-corrected chi connectivity index (χ3v) is 11.2. The van der Waals surface area contributed by atoms with Crippen molar-refractivity contribution in [3.05, 3.63) is 94.9 Å². The number of aryl methyl sites for hydroxylation is 2. The van der Waals surface area contributed by atoms with Crippen LogP contribution in [0.1, 0.15) is 73.0 Å². The van der Waals surface area contributed by atoms with E-state index < -0.39 is 0 Å². The summed E-state index contributed by atoms with van der Waals surface area (Å²) in [7, 11) is 3.65. The summed E-state index contributed by atoms with van der Waals surface area (Å²) in [5.74, 6) is 4.27. The zero-order valence-corrected chi connectivity index (χ0v) is 30.0. The van der Waals surface area contributed by atoms with Crippen molar-refractivity contribution in [2.45, 2.75) is 65.8 Å². The van der Waals surface area contributed by atoms with Crippen molar-refractivity contribution < 1.29 is 9.53 Å². The first kappa shape index (κ1) is 34.2. The fraction of sp³-hybridized carbons (Fsp3) is 0.410. The van der Waals surface area contributed by atoms with Gasteiger partial charge in [-0.05, 0) is 92.5 Å². The van der Waals surface area contributed by atoms with E-state index in [9.17, 15) is 4.79 Å². The lowest BCUT2D eigenvalue weighted by Gasteiger charge is -2.21. The van der Waals surface area contributed by atoms with Gasteiger partial charge in [-0.1, -0.05) is 65.8 Å². The lowest BCUT2D eigenvalue weighted by molar-refractivity contribution is 0.0956. The highest BCUT2D eigenvalue weighted by Gasteiger charge is 2.18. The van der Waals surface area contributed by atoms with Crippen molar-refractivity contribution in [3.8, 4) is 5.75 Å². The van der Waals surface area contributed by atoms with Crippen LogP contribution in [0.25, 0.3) is 21.9 Å². The molecule has 2 heterocycles. The van der Waals surface area contributed by atoms with Crippen LogP contribution in [0.4, 0.5) is 5.69 Å². The lowest BCUT2D eigenvalue weighted by Crippen LogP contribution is -2.25. The number of carbonyl (C=O) groups is 1. The van der Waals surface area contributed by atoms with Gasteiger partial charge < -0.3 is 19.9 Å². The molecular formula is C39H47N5O2S2. The number of carbonyl (C=O) groups excluding carboxylic acids is 1. The number of fused-ring (bicyclic) bond motifs is 3. The van der Waals surface area contributed by atoms with Crippen molar-refractivity contribution in [1.82, 2.24) is 19.9 Å². The second-order valence-corrected chi connectivity index (χ2v) is 15.5. The number of benzene rings is 3. The molecule has 5 aromatic rings. The van der Waals surface area contributed by atoms with Gasteiger partial charge in [0.25, 0.3) is 5.91 Å². The van der Waals surface area contributed by atoms with Gasteiger partial charge in [-0.25, -0.2) is 4.98 Å². The Hall–Kier alpha value is -3.69. The maximum Gasteiger partial charge on any atom is 0.251 e. The van der Waals surface area contributed by atoms with E-state index in [0.717, 1.165) is 78.4 Å². The summed E-state index contributed by atoms with van der Waals surface area (Å²) >= 11 is 0. The summed E-state index contributed by atoms with van der Waals surface area (Å²) in [5, 5.41) is 8.08. The van der Waals surface area contributed by atoms with Gasteiger partial charge >= 0.3 is 0 Å². The molecule has 6 rings (SSSR count). The topological polar surface area (TPSA) is 81.1 Å². The second-order valence-electron chi connectivity index (χ2n) is 12.8. The van der Waals surface area contributed by atoms with Gasteiger partial charge in [0.2, 0.25) is 0 Å². The van der Waals surface area contributed by atoms with Gasteiger partial charge in [0.15, 0.2) is 0 Å². The number of anilines is 1. The SMILES string of the molecule is CCOc1ccc(Cc2nc3cc(C(=O)NCCSSCCNc4c5c(nc6ccccc46)CCCC5)ccc3n2CCC(C)C)cc1. The molecule has 2 N–H and O–H groups in total. The van der Waals surface area contributed by atoms with Crippen LogP contribution in [0.3, 0.4) is 0 Å². The fourth-order valence-corrected chi connectivity index (χ4v) is 8.18. The van der Waals surface area contributed by atoms with E-state index in [1.807, 2.05) is 42.0 Å². The average Bonchev–Trinajstić information content (AvgIpc) is 3.44. The third kappa shape index (κ3) is 8.47. The molecule has 0 spiro atoms. The summed E-state index contributed by atoms with van der Waals surface area (Å²) in [6.45, 7) is 9.56. The van der Waals surface area contributed by atoms with Crippen LogP contribution in [0, 0.1) is 5.92 Å². The third-order valence-electron chi connectivity index (χ3n) is 8.83. The number of imidazole rings is 1. The van der Waals surface area contributed by atoms with Crippen molar-refractivity contribution in [1.29, 1.82) is 0 Å². The number of nitrogens with one attached hydrogen (secondary N) is 2. The van der Waals surface area contributed by atoms with Crippen LogP contribution in [0.15, 0.2) is 66.7 Å². The molecule has 0 saturated carbocycles. The summed E-state index contributed by atoms with van der Waals surface area (Å²) in [6.07, 6.45) is 6.44. The number of hydrogen-bond donors (Lipinski definition) is 2. The van der Waals surface area contributed by atoms with E-state index in [1.54, 1.807) is 10.8 Å². The molecular weight excluding hydrogens is 635 g/mol. The number of amides is 1. The fourth-order valence-electron chi connectivity index (χ4n) is 6.36. The molecule has 2 aromatic heterocycles. The molecule has 0 saturated heterocycles.